The Labute approximate surface area is 171 Å². The molecule has 3 N–H and O–H groups in total. The molecule has 0 radical (unpaired) electrons. The molecule has 3 aromatic rings. The van der Waals surface area contributed by atoms with Gasteiger partial charge in [0.25, 0.3) is 5.91 Å². The number of rotatable bonds is 5. The van der Waals surface area contributed by atoms with Gasteiger partial charge in [0.1, 0.15) is 0 Å². The lowest BCUT2D eigenvalue weighted by atomic mass is 9.96. The lowest BCUT2D eigenvalue weighted by Crippen LogP contribution is -2.35. The molecular weight excluding hydrogens is 358 g/mol. The number of hydrogen-bond donors (Lipinski definition) is 3. The summed E-state index contributed by atoms with van der Waals surface area (Å²) in [6.45, 7) is 2.96. The summed E-state index contributed by atoms with van der Waals surface area (Å²) in [5.41, 5.74) is 5.20. The molecule has 3 aromatic carbocycles. The monoisotopic (exact) mass is 385 g/mol. The molecule has 1 saturated carbocycles. The molecule has 1 atom stereocenters. The molecular formula is C25H27N3O. The van der Waals surface area contributed by atoms with Crippen LogP contribution >= 0.6 is 0 Å². The zero-order valence-electron chi connectivity index (χ0n) is 17.0. The van der Waals surface area contributed by atoms with Crippen LogP contribution in [0.5, 0.6) is 0 Å². The number of hydrogen-bond acceptors (Lipinski definition) is 3. The lowest BCUT2D eigenvalue weighted by Gasteiger charge is -2.21. The summed E-state index contributed by atoms with van der Waals surface area (Å²) < 4.78 is 0. The van der Waals surface area contributed by atoms with Gasteiger partial charge < -0.3 is 16.0 Å². The number of aryl methyl sites for hydroxylation is 1. The van der Waals surface area contributed by atoms with Gasteiger partial charge in [-0.1, -0.05) is 48.5 Å². The molecule has 148 valence electrons. The highest BCUT2D eigenvalue weighted by atomic mass is 16.1. The fourth-order valence-corrected chi connectivity index (χ4v) is 4.74. The summed E-state index contributed by atoms with van der Waals surface area (Å²) in [4.78, 5) is 13.3. The molecule has 4 heteroatoms. The van der Waals surface area contributed by atoms with Gasteiger partial charge in [-0.2, -0.15) is 0 Å². The first kappa shape index (κ1) is 18.2. The second kappa shape index (κ2) is 6.89. The summed E-state index contributed by atoms with van der Waals surface area (Å²) in [6, 6.07) is 19.4. The minimum atomic E-state index is -0.245. The largest absolute Gasteiger partial charge is 0.380 e. The first-order valence-electron chi connectivity index (χ1n) is 10.4. The van der Waals surface area contributed by atoms with Crippen LogP contribution in [0.4, 0.5) is 5.69 Å². The van der Waals surface area contributed by atoms with Crippen molar-refractivity contribution in [2.24, 2.45) is 0 Å². The maximum Gasteiger partial charge on any atom is 0.252 e. The molecule has 0 spiro atoms. The van der Waals surface area contributed by atoms with Crippen LogP contribution in [0.15, 0.2) is 54.6 Å². The van der Waals surface area contributed by atoms with Gasteiger partial charge in [-0.25, -0.2) is 0 Å². The first-order chi connectivity index (χ1) is 14.1. The number of carbonyl (C=O) groups excluding carboxylic acids is 1. The third-order valence-corrected chi connectivity index (χ3v) is 6.38. The molecule has 4 nitrogen and oxygen atoms in total. The summed E-state index contributed by atoms with van der Waals surface area (Å²) in [5.74, 6) is 0.0228. The maximum atomic E-state index is 13.3. The molecule has 1 aliphatic carbocycles. The second-order valence-corrected chi connectivity index (χ2v) is 8.49. The Balaban J connectivity index is 1.43. The Morgan fingerprint density at radius 2 is 1.93 bits per heavy atom. The standard InChI is InChI=1S/C25H27N3O/c1-16-12-18-13-19(15-26-2)27-23(18)14-21(16)24(29)28-25(10-11-25)22-9-5-7-17-6-3-4-8-20(17)22/h3-9,12,14,19,26-27H,10-11,13,15H2,1-2H3,(H,28,29). The van der Waals surface area contributed by atoms with Gasteiger partial charge in [0.05, 0.1) is 5.54 Å². The molecule has 1 fully saturated rings. The zero-order valence-corrected chi connectivity index (χ0v) is 17.0. The molecule has 0 saturated heterocycles. The van der Waals surface area contributed by atoms with Gasteiger partial charge in [-0.3, -0.25) is 4.79 Å². The number of anilines is 1. The highest BCUT2D eigenvalue weighted by molar-refractivity contribution is 5.98. The number of likely N-dealkylation sites (N-methyl/N-ethyl adjacent to an activating group) is 1. The van der Waals surface area contributed by atoms with Crippen molar-refractivity contribution in [3.05, 3.63) is 76.9 Å². The lowest BCUT2D eigenvalue weighted by molar-refractivity contribution is 0.0930. The number of nitrogens with one attached hydrogen (secondary N) is 3. The summed E-state index contributed by atoms with van der Waals surface area (Å²) in [6.07, 6.45) is 2.97. The van der Waals surface area contributed by atoms with Crippen LogP contribution in [-0.4, -0.2) is 25.5 Å². The Morgan fingerprint density at radius 1 is 1.14 bits per heavy atom. The fourth-order valence-electron chi connectivity index (χ4n) is 4.74. The van der Waals surface area contributed by atoms with E-state index in [0.29, 0.717) is 6.04 Å². The van der Waals surface area contributed by atoms with Crippen LogP contribution in [0, 0.1) is 6.92 Å². The average molecular weight is 386 g/mol. The van der Waals surface area contributed by atoms with Crippen LogP contribution in [0.1, 0.15) is 39.9 Å². The Hall–Kier alpha value is -2.85. The fraction of sp³-hybridized carbons (Fsp3) is 0.320. The molecule has 29 heavy (non-hydrogen) atoms. The van der Waals surface area contributed by atoms with Crippen molar-refractivity contribution in [2.45, 2.75) is 37.8 Å². The molecule has 1 aliphatic heterocycles. The van der Waals surface area contributed by atoms with Crippen LogP contribution in [-0.2, 0) is 12.0 Å². The number of amides is 1. The summed E-state index contributed by atoms with van der Waals surface area (Å²) in [7, 11) is 1.97. The van der Waals surface area contributed by atoms with E-state index < -0.39 is 0 Å². The third-order valence-electron chi connectivity index (χ3n) is 6.38. The van der Waals surface area contributed by atoms with E-state index in [1.165, 1.54) is 21.9 Å². The van der Waals surface area contributed by atoms with Crippen LogP contribution < -0.4 is 16.0 Å². The smallest absolute Gasteiger partial charge is 0.252 e. The number of carbonyl (C=O) groups is 1. The van der Waals surface area contributed by atoms with Gasteiger partial charge >= 0.3 is 0 Å². The molecule has 0 bridgehead atoms. The molecule has 5 rings (SSSR count). The van der Waals surface area contributed by atoms with Crippen molar-refractivity contribution in [3.8, 4) is 0 Å². The molecule has 1 heterocycles. The Kier molecular flexibility index (Phi) is 4.32. The van der Waals surface area contributed by atoms with Crippen LogP contribution in [0.3, 0.4) is 0 Å². The zero-order chi connectivity index (χ0) is 20.0. The van der Waals surface area contributed by atoms with Gasteiger partial charge in [0.2, 0.25) is 0 Å². The normalized spacial score (nSPS) is 18.9. The van der Waals surface area contributed by atoms with E-state index in [9.17, 15) is 4.79 Å². The molecule has 1 amide bonds. The van der Waals surface area contributed by atoms with Gasteiger partial charge in [-0.15, -0.1) is 0 Å². The van der Waals surface area contributed by atoms with Crippen molar-refractivity contribution in [3.63, 3.8) is 0 Å². The van der Waals surface area contributed by atoms with Crippen molar-refractivity contribution in [2.75, 3.05) is 18.9 Å². The van der Waals surface area contributed by atoms with Gasteiger partial charge in [0, 0.05) is 23.8 Å². The average Bonchev–Trinajstić information content (AvgIpc) is 3.39. The highest BCUT2D eigenvalue weighted by Crippen LogP contribution is 2.48. The van der Waals surface area contributed by atoms with E-state index in [1.807, 2.05) is 20.0 Å². The maximum absolute atomic E-state index is 13.3. The van der Waals surface area contributed by atoms with E-state index in [4.69, 9.17) is 0 Å². The Bertz CT molecular complexity index is 1100. The van der Waals surface area contributed by atoms with Crippen molar-refractivity contribution in [1.29, 1.82) is 0 Å². The third kappa shape index (κ3) is 3.18. The number of benzene rings is 3. The van der Waals surface area contributed by atoms with E-state index in [2.05, 4.69) is 64.5 Å². The predicted molar refractivity (Wildman–Crippen MR) is 119 cm³/mol. The molecule has 2 aliphatic rings. The van der Waals surface area contributed by atoms with E-state index >= 15 is 0 Å². The topological polar surface area (TPSA) is 53.2 Å². The SMILES string of the molecule is CNCC1Cc2cc(C)c(C(=O)NC3(c4cccc5ccccc45)CC3)cc2N1. The van der Waals surface area contributed by atoms with Crippen molar-refractivity contribution < 1.29 is 4.79 Å². The molecule has 1 unspecified atom stereocenters. The summed E-state index contributed by atoms with van der Waals surface area (Å²) in [5, 5.41) is 12.6. The van der Waals surface area contributed by atoms with Crippen molar-refractivity contribution in [1.82, 2.24) is 10.6 Å². The van der Waals surface area contributed by atoms with E-state index in [1.54, 1.807) is 0 Å². The van der Waals surface area contributed by atoms with E-state index in [-0.39, 0.29) is 11.4 Å². The van der Waals surface area contributed by atoms with Crippen LogP contribution in [0.2, 0.25) is 0 Å². The first-order valence-corrected chi connectivity index (χ1v) is 10.4. The minimum Gasteiger partial charge on any atom is -0.380 e. The second-order valence-electron chi connectivity index (χ2n) is 8.49. The van der Waals surface area contributed by atoms with Gasteiger partial charge in [-0.05, 0) is 66.8 Å². The highest BCUT2D eigenvalue weighted by Gasteiger charge is 2.46. The van der Waals surface area contributed by atoms with Gasteiger partial charge in [0.15, 0.2) is 0 Å². The predicted octanol–water partition coefficient (Wildman–Crippen LogP) is 4.12. The van der Waals surface area contributed by atoms with Crippen LogP contribution in [0.25, 0.3) is 10.8 Å². The van der Waals surface area contributed by atoms with Crippen molar-refractivity contribution >= 4 is 22.4 Å². The molecule has 0 aromatic heterocycles. The summed E-state index contributed by atoms with van der Waals surface area (Å²) >= 11 is 0. The Morgan fingerprint density at radius 3 is 2.72 bits per heavy atom. The minimum absolute atomic E-state index is 0.0228. The van der Waals surface area contributed by atoms with E-state index in [0.717, 1.165) is 42.6 Å². The number of fused-ring (bicyclic) bond motifs is 2. The quantitative estimate of drug-likeness (QED) is 0.619.